The number of nitrogens with zero attached hydrogens (tertiary/aromatic N) is 2. The number of carbonyl (C=O) groups excluding carboxylic acids is 1. The molecule has 0 aliphatic carbocycles. The highest BCUT2D eigenvalue weighted by Gasteiger charge is 2.17. The van der Waals surface area contributed by atoms with Gasteiger partial charge in [-0.15, -0.1) is 0 Å². The number of hydrogen-bond acceptors (Lipinski definition) is 4. The normalized spacial score (nSPS) is 10.3. The van der Waals surface area contributed by atoms with E-state index in [0.717, 1.165) is 0 Å². The second-order valence-electron chi connectivity index (χ2n) is 5.29. The molecule has 2 rings (SSSR count). The number of amides is 1. The highest BCUT2D eigenvalue weighted by molar-refractivity contribution is 6.30. The molecule has 0 atom stereocenters. The van der Waals surface area contributed by atoms with E-state index in [0.29, 0.717) is 22.9 Å². The first-order chi connectivity index (χ1) is 11.4. The summed E-state index contributed by atoms with van der Waals surface area (Å²) >= 11 is 5.87. The van der Waals surface area contributed by atoms with Gasteiger partial charge < -0.3 is 9.64 Å². The van der Waals surface area contributed by atoms with Crippen LogP contribution in [0.2, 0.25) is 5.02 Å². The zero-order valence-electron chi connectivity index (χ0n) is 13.4. The van der Waals surface area contributed by atoms with Crippen molar-refractivity contribution in [2.45, 2.75) is 6.92 Å². The van der Waals surface area contributed by atoms with Crippen molar-refractivity contribution in [3.8, 4) is 5.75 Å². The van der Waals surface area contributed by atoms with Gasteiger partial charge in [-0.25, -0.2) is 0 Å². The average molecular weight is 349 g/mol. The Kier molecular flexibility index (Phi) is 5.76. The number of benzene rings is 2. The number of carbonyl (C=O) groups is 1. The highest BCUT2D eigenvalue weighted by atomic mass is 35.5. The zero-order valence-corrected chi connectivity index (χ0v) is 14.1. The van der Waals surface area contributed by atoms with Crippen molar-refractivity contribution >= 4 is 23.2 Å². The quantitative estimate of drug-likeness (QED) is 0.589. The first-order valence-electron chi connectivity index (χ1n) is 7.27. The Balaban J connectivity index is 1.97. The maximum Gasteiger partial charge on any atom is 0.273 e. The van der Waals surface area contributed by atoms with E-state index in [1.165, 1.54) is 11.0 Å². The zero-order chi connectivity index (χ0) is 17.7. The fourth-order valence-electron chi connectivity index (χ4n) is 2.12. The predicted octanol–water partition coefficient (Wildman–Crippen LogP) is 3.71. The van der Waals surface area contributed by atoms with Crippen LogP contribution in [0, 0.1) is 17.0 Å². The molecule has 0 saturated heterocycles. The van der Waals surface area contributed by atoms with E-state index < -0.39 is 4.92 Å². The smallest absolute Gasteiger partial charge is 0.273 e. The SMILES string of the molecule is Cc1ccc(C(=O)N(C)CCOc2cccc(Cl)c2)cc1[N+](=O)[O-]. The largest absolute Gasteiger partial charge is 0.492 e. The minimum Gasteiger partial charge on any atom is -0.492 e. The van der Waals surface area contributed by atoms with E-state index in [2.05, 4.69) is 0 Å². The number of rotatable bonds is 6. The lowest BCUT2D eigenvalue weighted by molar-refractivity contribution is -0.385. The van der Waals surface area contributed by atoms with Crippen molar-refractivity contribution in [1.29, 1.82) is 0 Å². The maximum absolute atomic E-state index is 12.4. The molecule has 0 N–H and O–H groups in total. The number of aryl methyl sites for hydroxylation is 1. The van der Waals surface area contributed by atoms with Gasteiger partial charge in [-0.1, -0.05) is 23.7 Å². The van der Waals surface area contributed by atoms with Crippen LogP contribution in [-0.2, 0) is 0 Å². The van der Waals surface area contributed by atoms with Crippen molar-refractivity contribution in [1.82, 2.24) is 4.90 Å². The molecule has 6 nitrogen and oxygen atoms in total. The minimum absolute atomic E-state index is 0.0653. The molecule has 2 aromatic rings. The molecular weight excluding hydrogens is 332 g/mol. The third-order valence-corrected chi connectivity index (χ3v) is 3.73. The number of hydrogen-bond donors (Lipinski definition) is 0. The fraction of sp³-hybridized carbons (Fsp3) is 0.235. The predicted molar refractivity (Wildman–Crippen MR) is 91.7 cm³/mol. The minimum atomic E-state index is -0.492. The standard InChI is InChI=1S/C17H17ClN2O4/c1-12-6-7-13(10-16(12)20(22)23)17(21)19(2)8-9-24-15-5-3-4-14(18)11-15/h3-7,10-11H,8-9H2,1-2H3. The van der Waals surface area contributed by atoms with Gasteiger partial charge in [0.1, 0.15) is 12.4 Å². The van der Waals surface area contributed by atoms with Gasteiger partial charge in [-0.2, -0.15) is 0 Å². The lowest BCUT2D eigenvalue weighted by Gasteiger charge is -2.17. The molecule has 0 fully saturated rings. The van der Waals surface area contributed by atoms with Crippen LogP contribution >= 0.6 is 11.6 Å². The number of halogens is 1. The number of likely N-dealkylation sites (N-methyl/N-ethyl adjacent to an activating group) is 1. The molecule has 0 unspecified atom stereocenters. The lowest BCUT2D eigenvalue weighted by Crippen LogP contribution is -2.30. The summed E-state index contributed by atoms with van der Waals surface area (Å²) in [6.45, 7) is 2.26. The molecule has 0 saturated carbocycles. The Hall–Kier alpha value is -2.60. The molecule has 1 amide bonds. The van der Waals surface area contributed by atoms with E-state index >= 15 is 0 Å². The van der Waals surface area contributed by atoms with Crippen molar-refractivity contribution in [2.75, 3.05) is 20.2 Å². The first-order valence-corrected chi connectivity index (χ1v) is 7.65. The van der Waals surface area contributed by atoms with Gasteiger partial charge in [0.25, 0.3) is 11.6 Å². The lowest BCUT2D eigenvalue weighted by atomic mass is 10.1. The van der Waals surface area contributed by atoms with E-state index in [4.69, 9.17) is 16.3 Å². The topological polar surface area (TPSA) is 72.7 Å². The molecule has 0 bridgehead atoms. The maximum atomic E-state index is 12.4. The summed E-state index contributed by atoms with van der Waals surface area (Å²) in [4.78, 5) is 24.3. The van der Waals surface area contributed by atoms with Crippen LogP contribution in [0.25, 0.3) is 0 Å². The molecule has 0 heterocycles. The van der Waals surface area contributed by atoms with Crippen LogP contribution in [-0.4, -0.2) is 35.9 Å². The summed E-state index contributed by atoms with van der Waals surface area (Å²) in [5, 5.41) is 11.5. The molecule has 0 spiro atoms. The summed E-state index contributed by atoms with van der Waals surface area (Å²) in [7, 11) is 1.62. The van der Waals surface area contributed by atoms with E-state index in [1.54, 1.807) is 50.4 Å². The summed E-state index contributed by atoms with van der Waals surface area (Å²) in [5.74, 6) is 0.321. The van der Waals surface area contributed by atoms with Crippen LogP contribution in [0.4, 0.5) is 5.69 Å². The Morgan fingerprint density at radius 1 is 1.29 bits per heavy atom. The molecule has 24 heavy (non-hydrogen) atoms. The van der Waals surface area contributed by atoms with Gasteiger partial charge in [-0.3, -0.25) is 14.9 Å². The summed E-state index contributed by atoms with van der Waals surface area (Å²) < 4.78 is 5.54. The summed E-state index contributed by atoms with van der Waals surface area (Å²) in [6, 6.07) is 11.4. The molecule has 0 aliphatic rings. The Labute approximate surface area is 144 Å². The van der Waals surface area contributed by atoms with Gasteiger partial charge in [0.15, 0.2) is 0 Å². The Morgan fingerprint density at radius 3 is 2.71 bits per heavy atom. The van der Waals surface area contributed by atoms with Crippen molar-refractivity contribution in [3.63, 3.8) is 0 Å². The van der Waals surface area contributed by atoms with Crippen LogP contribution < -0.4 is 4.74 Å². The molecule has 7 heteroatoms. The van der Waals surface area contributed by atoms with Gasteiger partial charge in [0.05, 0.1) is 11.5 Å². The second kappa shape index (κ2) is 7.79. The van der Waals surface area contributed by atoms with Gasteiger partial charge in [0.2, 0.25) is 0 Å². The number of nitro groups is 1. The van der Waals surface area contributed by atoms with E-state index in [-0.39, 0.29) is 23.8 Å². The van der Waals surface area contributed by atoms with E-state index in [9.17, 15) is 14.9 Å². The van der Waals surface area contributed by atoms with Crippen molar-refractivity contribution < 1.29 is 14.5 Å². The first kappa shape index (κ1) is 17.7. The number of ether oxygens (including phenoxy) is 1. The summed E-state index contributed by atoms with van der Waals surface area (Å²) in [6.07, 6.45) is 0. The highest BCUT2D eigenvalue weighted by Crippen LogP contribution is 2.20. The average Bonchev–Trinajstić information content (AvgIpc) is 2.54. The Bertz CT molecular complexity index is 764. The second-order valence-corrected chi connectivity index (χ2v) is 5.73. The van der Waals surface area contributed by atoms with Gasteiger partial charge in [-0.05, 0) is 31.2 Å². The Morgan fingerprint density at radius 2 is 2.04 bits per heavy atom. The fourth-order valence-corrected chi connectivity index (χ4v) is 2.30. The molecule has 2 aromatic carbocycles. The third-order valence-electron chi connectivity index (χ3n) is 3.49. The molecule has 126 valence electrons. The molecule has 0 aliphatic heterocycles. The number of nitro benzene ring substituents is 1. The van der Waals surface area contributed by atoms with Crippen LogP contribution in [0.3, 0.4) is 0 Å². The van der Waals surface area contributed by atoms with Crippen LogP contribution in [0.15, 0.2) is 42.5 Å². The summed E-state index contributed by atoms with van der Waals surface area (Å²) in [5.41, 5.74) is 0.727. The van der Waals surface area contributed by atoms with Crippen LogP contribution in [0.1, 0.15) is 15.9 Å². The third kappa shape index (κ3) is 4.45. The van der Waals surface area contributed by atoms with Crippen LogP contribution in [0.5, 0.6) is 5.75 Å². The van der Waals surface area contributed by atoms with Crippen molar-refractivity contribution in [3.05, 3.63) is 68.7 Å². The molecular formula is C17H17ClN2O4. The van der Waals surface area contributed by atoms with Gasteiger partial charge in [0, 0.05) is 29.3 Å². The molecule has 0 aromatic heterocycles. The monoisotopic (exact) mass is 348 g/mol. The van der Waals surface area contributed by atoms with E-state index in [1.807, 2.05) is 0 Å². The molecule has 0 radical (unpaired) electrons. The van der Waals surface area contributed by atoms with Gasteiger partial charge >= 0.3 is 0 Å². The van der Waals surface area contributed by atoms with Crippen molar-refractivity contribution in [2.24, 2.45) is 0 Å².